The van der Waals surface area contributed by atoms with E-state index in [0.717, 1.165) is 51.4 Å². The van der Waals surface area contributed by atoms with E-state index in [-0.39, 0.29) is 38.7 Å². The zero-order chi connectivity index (χ0) is 30.6. The molecule has 11 atom stereocenters. The molecule has 2 N–H and O–H groups in total. The zero-order valence-electron chi connectivity index (χ0n) is 28.2. The van der Waals surface area contributed by atoms with Crippen LogP contribution in [0.2, 0.25) is 18.1 Å². The van der Waals surface area contributed by atoms with Crippen LogP contribution >= 0.6 is 0 Å². The Balaban J connectivity index is 1.49. The summed E-state index contributed by atoms with van der Waals surface area (Å²) >= 11 is 0. The maximum Gasteiger partial charge on any atom is 0.309 e. The van der Waals surface area contributed by atoms with Gasteiger partial charge in [0.2, 0.25) is 0 Å². The third kappa shape index (κ3) is 4.20. The molecule has 0 aromatic rings. The highest BCUT2D eigenvalue weighted by atomic mass is 28.4. The minimum Gasteiger partial charge on any atom is -0.481 e. The van der Waals surface area contributed by atoms with E-state index in [2.05, 4.69) is 75.1 Å². The molecule has 0 aromatic carbocycles. The fourth-order valence-corrected chi connectivity index (χ4v) is 13.2. The summed E-state index contributed by atoms with van der Waals surface area (Å²) in [6.07, 6.45) is 9.95. The molecule has 5 saturated carbocycles. The minimum absolute atomic E-state index is 0.135. The van der Waals surface area contributed by atoms with E-state index in [1.54, 1.807) is 0 Å². The first-order chi connectivity index (χ1) is 18.7. The van der Waals surface area contributed by atoms with Gasteiger partial charge >= 0.3 is 5.97 Å². The summed E-state index contributed by atoms with van der Waals surface area (Å²) in [6, 6.07) is 0. The number of hydrogen-bond donors (Lipinski definition) is 2. The van der Waals surface area contributed by atoms with Crippen LogP contribution in [0.5, 0.6) is 0 Å². The van der Waals surface area contributed by atoms with Gasteiger partial charge in [-0.1, -0.05) is 60.6 Å². The molecule has 5 aliphatic rings. The van der Waals surface area contributed by atoms with Crippen molar-refractivity contribution in [3.8, 4) is 0 Å². The topological polar surface area (TPSA) is 66.8 Å². The second-order valence-electron chi connectivity index (χ2n) is 18.3. The number of hydrogen-bond acceptors (Lipinski definition) is 3. The van der Waals surface area contributed by atoms with Crippen LogP contribution in [0.3, 0.4) is 0 Å². The second-order valence-corrected chi connectivity index (χ2v) is 23.1. The van der Waals surface area contributed by atoms with E-state index >= 15 is 0 Å². The van der Waals surface area contributed by atoms with Crippen molar-refractivity contribution in [3.63, 3.8) is 0 Å². The summed E-state index contributed by atoms with van der Waals surface area (Å²) in [5.41, 5.74) is 0.878. The molecule has 41 heavy (non-hydrogen) atoms. The second kappa shape index (κ2) is 9.67. The molecule has 4 nitrogen and oxygen atoms in total. The number of carboxylic acids is 1. The number of aliphatic hydroxyl groups excluding tert-OH is 1. The lowest BCUT2D eigenvalue weighted by atomic mass is 9.32. The zero-order valence-corrected chi connectivity index (χ0v) is 29.2. The molecule has 0 radical (unpaired) electrons. The molecule has 0 saturated heterocycles. The van der Waals surface area contributed by atoms with E-state index in [9.17, 15) is 15.0 Å². The summed E-state index contributed by atoms with van der Waals surface area (Å²) in [5, 5.41) is 22.4. The molecule has 5 rings (SSSR count). The fraction of sp³-hybridized carbons (Fsp3) is 0.917. The van der Waals surface area contributed by atoms with Gasteiger partial charge in [-0.2, -0.15) is 0 Å². The van der Waals surface area contributed by atoms with Gasteiger partial charge < -0.3 is 14.6 Å². The highest BCUT2D eigenvalue weighted by molar-refractivity contribution is 6.74. The van der Waals surface area contributed by atoms with Gasteiger partial charge in [-0.3, -0.25) is 4.79 Å². The average Bonchev–Trinajstić information content (AvgIpc) is 3.27. The Morgan fingerprint density at radius 2 is 1.56 bits per heavy atom. The van der Waals surface area contributed by atoms with E-state index in [1.165, 1.54) is 18.4 Å². The van der Waals surface area contributed by atoms with Crippen molar-refractivity contribution < 1.29 is 19.4 Å². The van der Waals surface area contributed by atoms with Gasteiger partial charge in [0.25, 0.3) is 0 Å². The first-order valence-electron chi connectivity index (χ1n) is 16.9. The third-order valence-electron chi connectivity index (χ3n) is 15.8. The van der Waals surface area contributed by atoms with Crippen molar-refractivity contribution in [1.82, 2.24) is 0 Å². The van der Waals surface area contributed by atoms with Crippen LogP contribution < -0.4 is 0 Å². The Kier molecular flexibility index (Phi) is 7.49. The van der Waals surface area contributed by atoms with Crippen LogP contribution in [-0.2, 0) is 9.22 Å². The van der Waals surface area contributed by atoms with E-state index in [0.29, 0.717) is 30.3 Å². The Morgan fingerprint density at radius 1 is 0.902 bits per heavy atom. The van der Waals surface area contributed by atoms with Crippen molar-refractivity contribution in [2.45, 2.75) is 144 Å². The van der Waals surface area contributed by atoms with Crippen LogP contribution in [0.1, 0.15) is 120 Å². The number of rotatable bonds is 5. The van der Waals surface area contributed by atoms with E-state index < -0.39 is 19.7 Å². The predicted molar refractivity (Wildman–Crippen MR) is 170 cm³/mol. The number of fused-ring (bicyclic) bond motifs is 7. The number of carboxylic acid groups (broad SMARTS) is 1. The fourth-order valence-electron chi connectivity index (χ4n) is 12.1. The summed E-state index contributed by atoms with van der Waals surface area (Å²) < 4.78 is 6.90. The molecule has 5 fully saturated rings. The van der Waals surface area contributed by atoms with Crippen molar-refractivity contribution in [2.24, 2.45) is 56.7 Å². The largest absolute Gasteiger partial charge is 0.481 e. The van der Waals surface area contributed by atoms with Gasteiger partial charge in [0, 0.05) is 12.0 Å². The van der Waals surface area contributed by atoms with E-state index in [1.807, 2.05) is 0 Å². The number of aliphatic hydroxyl groups is 1. The van der Waals surface area contributed by atoms with Crippen LogP contribution in [0, 0.1) is 56.7 Å². The van der Waals surface area contributed by atoms with Gasteiger partial charge in [0.1, 0.15) is 0 Å². The van der Waals surface area contributed by atoms with Crippen LogP contribution in [0.4, 0.5) is 0 Å². The molecule has 0 aromatic heterocycles. The molecular weight excluding hydrogens is 524 g/mol. The first-order valence-corrected chi connectivity index (χ1v) is 19.8. The first kappa shape index (κ1) is 31.8. The Hall–Kier alpha value is -0.653. The summed E-state index contributed by atoms with van der Waals surface area (Å²) in [4.78, 5) is 12.9. The SMILES string of the molecule is C=C(C)[C@@H]1CC[C@]2(C(=O)O)CC[C@]3(C)C(CC[C@@H]4[C@@]5(C)CCC(O)[C@@](C)(CO[Si](C)(C)C(C)(C)C)[C@@H]5CC[C@]43C)[C@@H]12. The molecule has 2 unspecified atom stereocenters. The Labute approximate surface area is 252 Å². The molecule has 0 spiro atoms. The molecule has 234 valence electrons. The quantitative estimate of drug-likeness (QED) is 0.249. The molecule has 0 amide bonds. The van der Waals surface area contributed by atoms with Gasteiger partial charge in [0.15, 0.2) is 8.32 Å². The van der Waals surface area contributed by atoms with E-state index in [4.69, 9.17) is 4.43 Å². The van der Waals surface area contributed by atoms with Crippen molar-refractivity contribution in [2.75, 3.05) is 6.61 Å². The summed E-state index contributed by atoms with van der Waals surface area (Å²) in [7, 11) is -1.94. The molecule has 0 heterocycles. The van der Waals surface area contributed by atoms with Crippen molar-refractivity contribution in [3.05, 3.63) is 12.2 Å². The summed E-state index contributed by atoms with van der Waals surface area (Å²) in [5.74, 6) is 1.49. The highest BCUT2D eigenvalue weighted by Crippen LogP contribution is 2.77. The number of aliphatic carboxylic acids is 1. The Bertz CT molecular complexity index is 1080. The lowest BCUT2D eigenvalue weighted by Crippen LogP contribution is -2.68. The number of carbonyl (C=O) groups is 1. The maximum absolute atomic E-state index is 12.9. The van der Waals surface area contributed by atoms with Gasteiger partial charge in [-0.25, -0.2) is 0 Å². The Morgan fingerprint density at radius 3 is 2.15 bits per heavy atom. The smallest absolute Gasteiger partial charge is 0.309 e. The van der Waals surface area contributed by atoms with Crippen LogP contribution in [-0.4, -0.2) is 37.2 Å². The van der Waals surface area contributed by atoms with Crippen molar-refractivity contribution >= 4 is 14.3 Å². The molecule has 5 aliphatic carbocycles. The lowest BCUT2D eigenvalue weighted by Gasteiger charge is -2.73. The molecule has 0 aliphatic heterocycles. The van der Waals surface area contributed by atoms with Gasteiger partial charge in [0.05, 0.1) is 11.5 Å². The maximum atomic E-state index is 12.9. The number of allylic oxidation sites excluding steroid dienone is 1. The molecule has 5 heteroatoms. The highest BCUT2D eigenvalue weighted by Gasteiger charge is 2.72. The van der Waals surface area contributed by atoms with Gasteiger partial charge in [-0.15, -0.1) is 0 Å². The predicted octanol–water partition coefficient (Wildman–Crippen LogP) is 9.09. The lowest BCUT2D eigenvalue weighted by molar-refractivity contribution is -0.253. The molecular formula is C36H62O4Si. The van der Waals surface area contributed by atoms with Crippen molar-refractivity contribution in [1.29, 1.82) is 0 Å². The molecule has 0 bridgehead atoms. The normalized spacial score (nSPS) is 49.8. The minimum atomic E-state index is -1.94. The average molecular weight is 587 g/mol. The summed E-state index contributed by atoms with van der Waals surface area (Å²) in [6.45, 7) is 28.9. The monoisotopic (exact) mass is 586 g/mol. The van der Waals surface area contributed by atoms with Crippen LogP contribution in [0.15, 0.2) is 12.2 Å². The van der Waals surface area contributed by atoms with Gasteiger partial charge in [-0.05, 0) is 135 Å². The standard InChI is InChI=1S/C36H62O4Si/c1-23(2)24-14-19-36(30(38)39)21-20-34(8)25(29(24)36)12-13-27-32(6)17-16-28(37)33(7,26(32)15-18-35(27,34)9)22-40-41(10,11)31(3,4)5/h24-29,37H,1,12-22H2,2-11H3,(H,38,39)/t24-,25?,26+,27+,28?,29+,32-,33-,34+,35+,36-/m0/s1. The third-order valence-corrected chi connectivity index (χ3v) is 20.3. The van der Waals surface area contributed by atoms with Crippen LogP contribution in [0.25, 0.3) is 0 Å².